The van der Waals surface area contributed by atoms with Gasteiger partial charge in [0.05, 0.1) is 0 Å². The Labute approximate surface area is 141 Å². The summed E-state index contributed by atoms with van der Waals surface area (Å²) in [4.78, 5) is 3.40. The van der Waals surface area contributed by atoms with Crippen molar-refractivity contribution in [2.24, 2.45) is 0 Å². The van der Waals surface area contributed by atoms with Crippen molar-refractivity contribution in [2.75, 3.05) is 6.54 Å². The first kappa shape index (κ1) is 15.4. The number of benzene rings is 2. The van der Waals surface area contributed by atoms with Gasteiger partial charge < -0.3 is 4.98 Å². The van der Waals surface area contributed by atoms with E-state index >= 15 is 0 Å². The lowest BCUT2D eigenvalue weighted by atomic mass is 10.1. The molecule has 2 aromatic carbocycles. The Kier molecular flexibility index (Phi) is 3.88. The number of nitrogens with zero attached hydrogens (tertiary/aromatic N) is 1. The molecule has 2 heterocycles. The molecule has 124 valence electrons. The van der Waals surface area contributed by atoms with E-state index in [2.05, 4.69) is 9.71 Å². The molecule has 0 bridgehead atoms. The Morgan fingerprint density at radius 2 is 1.79 bits per heavy atom. The summed E-state index contributed by atoms with van der Waals surface area (Å²) in [6, 6.07) is 17.6. The van der Waals surface area contributed by atoms with Crippen molar-refractivity contribution in [1.29, 1.82) is 0 Å². The number of hydrogen-bond acceptors (Lipinski definition) is 2. The number of hydrogen-bond donors (Lipinski definition) is 2. The summed E-state index contributed by atoms with van der Waals surface area (Å²) in [5.41, 5.74) is 4.25. The lowest BCUT2D eigenvalue weighted by Crippen LogP contribution is -2.43. The van der Waals surface area contributed by atoms with Gasteiger partial charge in [0.25, 0.3) is 10.2 Å². The van der Waals surface area contributed by atoms with Crippen LogP contribution >= 0.6 is 0 Å². The number of H-pyrrole nitrogens is 1. The number of para-hydroxylation sites is 1. The first-order valence-electron chi connectivity index (χ1n) is 8.00. The molecule has 0 saturated heterocycles. The number of fused-ring (bicyclic) bond motifs is 3. The van der Waals surface area contributed by atoms with Crippen LogP contribution in [0.5, 0.6) is 0 Å². The molecule has 24 heavy (non-hydrogen) atoms. The molecular formula is C18H19N3O2S. The number of rotatable bonds is 4. The minimum Gasteiger partial charge on any atom is -0.358 e. The van der Waals surface area contributed by atoms with Gasteiger partial charge in [0.1, 0.15) is 0 Å². The molecule has 0 amide bonds. The molecule has 0 atom stereocenters. The standard InChI is InChI=1S/C18H19N3O2S/c22-24(23,19-12-14-6-2-1-3-7-14)21-11-10-18-16(13-21)15-8-4-5-9-17(15)20-18/h1-9,19-20H,10-13H2. The lowest BCUT2D eigenvalue weighted by molar-refractivity contribution is 0.383. The molecule has 1 aliphatic rings. The number of aromatic amines is 1. The van der Waals surface area contributed by atoms with Crippen molar-refractivity contribution >= 4 is 21.1 Å². The van der Waals surface area contributed by atoms with Crippen molar-refractivity contribution in [3.05, 3.63) is 71.4 Å². The molecule has 4 rings (SSSR count). The largest absolute Gasteiger partial charge is 0.358 e. The van der Waals surface area contributed by atoms with Crippen molar-refractivity contribution in [1.82, 2.24) is 14.0 Å². The summed E-state index contributed by atoms with van der Waals surface area (Å²) in [6.07, 6.45) is 0.705. The summed E-state index contributed by atoms with van der Waals surface area (Å²) < 4.78 is 29.5. The molecule has 0 aliphatic carbocycles. The van der Waals surface area contributed by atoms with E-state index in [0.717, 1.165) is 27.7 Å². The third kappa shape index (κ3) is 2.84. The summed E-state index contributed by atoms with van der Waals surface area (Å²) in [7, 11) is -3.50. The molecule has 1 aromatic heterocycles. The van der Waals surface area contributed by atoms with Crippen LogP contribution in [0.4, 0.5) is 0 Å². The topological polar surface area (TPSA) is 65.2 Å². The minimum atomic E-state index is -3.50. The maximum atomic E-state index is 12.6. The predicted octanol–water partition coefficient (Wildman–Crippen LogP) is 2.56. The van der Waals surface area contributed by atoms with Crippen LogP contribution in [0.1, 0.15) is 16.8 Å². The van der Waals surface area contributed by atoms with Crippen molar-refractivity contribution < 1.29 is 8.42 Å². The first-order chi connectivity index (χ1) is 11.6. The highest BCUT2D eigenvalue weighted by molar-refractivity contribution is 7.87. The van der Waals surface area contributed by atoms with Crippen molar-refractivity contribution in [3.8, 4) is 0 Å². The Balaban J connectivity index is 1.55. The van der Waals surface area contributed by atoms with Crippen LogP contribution in [0.3, 0.4) is 0 Å². The zero-order valence-electron chi connectivity index (χ0n) is 13.2. The summed E-state index contributed by atoms with van der Waals surface area (Å²) in [5, 5.41) is 1.11. The van der Waals surface area contributed by atoms with E-state index in [-0.39, 0.29) is 0 Å². The average molecular weight is 341 g/mol. The van der Waals surface area contributed by atoms with Crippen LogP contribution in [0.2, 0.25) is 0 Å². The van der Waals surface area contributed by atoms with Gasteiger partial charge in [0.15, 0.2) is 0 Å². The molecule has 0 spiro atoms. The molecule has 0 saturated carbocycles. The number of nitrogens with one attached hydrogen (secondary N) is 2. The Bertz CT molecular complexity index is 964. The fourth-order valence-corrected chi connectivity index (χ4v) is 4.37. The smallest absolute Gasteiger partial charge is 0.280 e. The summed E-state index contributed by atoms with van der Waals surface area (Å²) in [5.74, 6) is 0. The maximum Gasteiger partial charge on any atom is 0.280 e. The Morgan fingerprint density at radius 3 is 2.62 bits per heavy atom. The normalized spacial score (nSPS) is 15.5. The van der Waals surface area contributed by atoms with Gasteiger partial charge in [-0.05, 0) is 17.2 Å². The van der Waals surface area contributed by atoms with Crippen LogP contribution in [-0.2, 0) is 29.7 Å². The third-order valence-corrected chi connectivity index (χ3v) is 5.99. The predicted molar refractivity (Wildman–Crippen MR) is 94.6 cm³/mol. The van der Waals surface area contributed by atoms with Crippen LogP contribution in [-0.4, -0.2) is 24.3 Å². The van der Waals surface area contributed by atoms with Gasteiger partial charge >= 0.3 is 0 Å². The van der Waals surface area contributed by atoms with E-state index in [1.165, 1.54) is 4.31 Å². The van der Waals surface area contributed by atoms with Gasteiger partial charge in [-0.2, -0.15) is 17.4 Å². The fraction of sp³-hybridized carbons (Fsp3) is 0.222. The van der Waals surface area contributed by atoms with Crippen molar-refractivity contribution in [2.45, 2.75) is 19.5 Å². The van der Waals surface area contributed by atoms with Crippen LogP contribution < -0.4 is 4.72 Å². The lowest BCUT2D eigenvalue weighted by Gasteiger charge is -2.26. The molecule has 5 nitrogen and oxygen atoms in total. The monoisotopic (exact) mass is 341 g/mol. The van der Waals surface area contributed by atoms with E-state index in [4.69, 9.17) is 0 Å². The third-order valence-electron chi connectivity index (χ3n) is 4.49. The van der Waals surface area contributed by atoms with Gasteiger partial charge in [-0.25, -0.2) is 0 Å². The van der Waals surface area contributed by atoms with Crippen LogP contribution in [0.25, 0.3) is 10.9 Å². The van der Waals surface area contributed by atoms with Crippen LogP contribution in [0, 0.1) is 0 Å². The molecular weight excluding hydrogens is 322 g/mol. The number of aromatic nitrogens is 1. The zero-order valence-corrected chi connectivity index (χ0v) is 14.0. The summed E-state index contributed by atoms with van der Waals surface area (Å²) in [6.45, 7) is 1.20. The minimum absolute atomic E-state index is 0.306. The van der Waals surface area contributed by atoms with E-state index in [9.17, 15) is 8.42 Å². The van der Waals surface area contributed by atoms with Gasteiger partial charge in [0.2, 0.25) is 0 Å². The second kappa shape index (κ2) is 6.05. The van der Waals surface area contributed by atoms with Gasteiger partial charge in [-0.15, -0.1) is 0 Å². The van der Waals surface area contributed by atoms with E-state index < -0.39 is 10.2 Å². The molecule has 0 radical (unpaired) electrons. The van der Waals surface area contributed by atoms with Crippen LogP contribution in [0.15, 0.2) is 54.6 Å². The quantitative estimate of drug-likeness (QED) is 0.766. The molecule has 0 unspecified atom stereocenters. The van der Waals surface area contributed by atoms with Crippen molar-refractivity contribution in [3.63, 3.8) is 0 Å². The molecule has 1 aliphatic heterocycles. The second-order valence-electron chi connectivity index (χ2n) is 6.02. The highest BCUT2D eigenvalue weighted by Crippen LogP contribution is 2.28. The van der Waals surface area contributed by atoms with E-state index in [1.807, 2.05) is 54.6 Å². The zero-order chi connectivity index (χ0) is 16.6. The Morgan fingerprint density at radius 1 is 1.04 bits per heavy atom. The second-order valence-corrected chi connectivity index (χ2v) is 7.78. The summed E-state index contributed by atoms with van der Waals surface area (Å²) >= 11 is 0. The first-order valence-corrected chi connectivity index (χ1v) is 9.44. The maximum absolute atomic E-state index is 12.6. The van der Waals surface area contributed by atoms with Gasteiger partial charge in [-0.3, -0.25) is 0 Å². The highest BCUT2D eigenvalue weighted by Gasteiger charge is 2.28. The molecule has 6 heteroatoms. The van der Waals surface area contributed by atoms with E-state index in [0.29, 0.717) is 26.1 Å². The average Bonchev–Trinajstić information content (AvgIpc) is 2.99. The van der Waals surface area contributed by atoms with Gasteiger partial charge in [0, 0.05) is 42.7 Å². The van der Waals surface area contributed by atoms with Gasteiger partial charge in [-0.1, -0.05) is 48.5 Å². The SMILES string of the molecule is O=S(=O)(NCc1ccccc1)N1CCc2[nH]c3ccccc3c2C1. The highest BCUT2D eigenvalue weighted by atomic mass is 32.2. The van der Waals surface area contributed by atoms with E-state index in [1.54, 1.807) is 0 Å². The molecule has 0 fully saturated rings. The molecule has 2 N–H and O–H groups in total. The Hall–Kier alpha value is -2.15. The fourth-order valence-electron chi connectivity index (χ4n) is 3.21. The molecule has 3 aromatic rings.